The van der Waals surface area contributed by atoms with Crippen molar-refractivity contribution in [1.82, 2.24) is 9.88 Å². The molecule has 3 rings (SSSR count). The molecule has 0 unspecified atom stereocenters. The van der Waals surface area contributed by atoms with Gasteiger partial charge in [-0.15, -0.1) is 0 Å². The number of benzene rings is 1. The maximum absolute atomic E-state index is 12.4. The van der Waals surface area contributed by atoms with E-state index in [9.17, 15) is 8.42 Å². The smallest absolute Gasteiger partial charge is 0.240 e. The molecule has 2 aromatic rings. The first kappa shape index (κ1) is 15.2. The lowest BCUT2D eigenvalue weighted by molar-refractivity contribution is 0.392. The van der Waals surface area contributed by atoms with E-state index in [2.05, 4.69) is 9.88 Å². The Bertz CT molecular complexity index is 774. The lowest BCUT2D eigenvalue weighted by Gasteiger charge is -2.08. The lowest BCUT2D eigenvalue weighted by atomic mass is 10.1. The first-order valence-electron chi connectivity index (χ1n) is 7.50. The predicted octanol–water partition coefficient (Wildman–Crippen LogP) is 2.30. The van der Waals surface area contributed by atoms with E-state index in [0.717, 1.165) is 41.8 Å². The average Bonchev–Trinajstić information content (AvgIpc) is 3.07. The molecule has 1 aliphatic rings. The third-order valence-electron chi connectivity index (χ3n) is 4.23. The van der Waals surface area contributed by atoms with Gasteiger partial charge in [0.1, 0.15) is 5.76 Å². The minimum atomic E-state index is -3.46. The first-order chi connectivity index (χ1) is 10.5. The average molecular weight is 320 g/mol. The summed E-state index contributed by atoms with van der Waals surface area (Å²) in [7, 11) is -3.46. The standard InChI is InChI=1S/C16H20N2O3S/c1-11-16(12(2)21-18-11)8-9-17-22(19,20)15-7-6-13-4-3-5-14(13)10-15/h6-7,10,17H,3-5,8-9H2,1-2H3. The first-order valence-corrected chi connectivity index (χ1v) is 8.99. The Kier molecular flexibility index (Phi) is 4.06. The zero-order chi connectivity index (χ0) is 15.7. The van der Waals surface area contributed by atoms with Gasteiger partial charge in [-0.2, -0.15) is 0 Å². The third kappa shape index (κ3) is 2.94. The predicted molar refractivity (Wildman–Crippen MR) is 83.3 cm³/mol. The quantitative estimate of drug-likeness (QED) is 0.917. The second-order valence-corrected chi connectivity index (χ2v) is 7.50. The molecule has 0 bridgehead atoms. The van der Waals surface area contributed by atoms with Crippen LogP contribution in [-0.4, -0.2) is 20.1 Å². The number of rotatable bonds is 5. The van der Waals surface area contributed by atoms with Crippen molar-refractivity contribution in [2.24, 2.45) is 0 Å². The molecule has 1 heterocycles. The van der Waals surface area contributed by atoms with Crippen LogP contribution in [-0.2, 0) is 29.3 Å². The fourth-order valence-electron chi connectivity index (χ4n) is 2.97. The summed E-state index contributed by atoms with van der Waals surface area (Å²) in [6, 6.07) is 5.44. The molecule has 1 aromatic heterocycles. The molecular formula is C16H20N2O3S. The monoisotopic (exact) mass is 320 g/mol. The number of fused-ring (bicyclic) bond motifs is 1. The Morgan fingerprint density at radius 3 is 2.73 bits per heavy atom. The second-order valence-electron chi connectivity index (χ2n) is 5.73. The Morgan fingerprint density at radius 1 is 1.23 bits per heavy atom. The van der Waals surface area contributed by atoms with Crippen LogP contribution in [0.2, 0.25) is 0 Å². The minimum absolute atomic E-state index is 0.336. The lowest BCUT2D eigenvalue weighted by Crippen LogP contribution is -2.26. The van der Waals surface area contributed by atoms with Crippen molar-refractivity contribution in [2.75, 3.05) is 6.54 Å². The number of hydrogen-bond donors (Lipinski definition) is 1. The summed E-state index contributed by atoms with van der Waals surface area (Å²) in [6.45, 7) is 4.04. The number of nitrogens with one attached hydrogen (secondary N) is 1. The van der Waals surface area contributed by atoms with E-state index in [1.54, 1.807) is 12.1 Å². The van der Waals surface area contributed by atoms with Crippen molar-refractivity contribution in [3.63, 3.8) is 0 Å². The largest absolute Gasteiger partial charge is 0.361 e. The number of hydrogen-bond acceptors (Lipinski definition) is 4. The zero-order valence-corrected chi connectivity index (χ0v) is 13.7. The maximum Gasteiger partial charge on any atom is 0.240 e. The summed E-state index contributed by atoms with van der Waals surface area (Å²) in [5.41, 5.74) is 4.22. The van der Waals surface area contributed by atoms with Gasteiger partial charge in [-0.25, -0.2) is 13.1 Å². The molecule has 0 aliphatic heterocycles. The Balaban J connectivity index is 1.69. The Morgan fingerprint density at radius 2 is 2.00 bits per heavy atom. The van der Waals surface area contributed by atoms with Crippen molar-refractivity contribution in [2.45, 2.75) is 44.4 Å². The molecule has 1 N–H and O–H groups in total. The molecule has 0 amide bonds. The van der Waals surface area contributed by atoms with Gasteiger partial charge in [0.25, 0.3) is 0 Å². The summed E-state index contributed by atoms with van der Waals surface area (Å²) in [4.78, 5) is 0.354. The van der Waals surface area contributed by atoms with E-state index in [1.807, 2.05) is 19.9 Å². The van der Waals surface area contributed by atoms with E-state index >= 15 is 0 Å². The van der Waals surface area contributed by atoms with Gasteiger partial charge in [-0.1, -0.05) is 11.2 Å². The molecule has 6 heteroatoms. The van der Waals surface area contributed by atoms with Crippen molar-refractivity contribution < 1.29 is 12.9 Å². The van der Waals surface area contributed by atoms with Gasteiger partial charge < -0.3 is 4.52 Å². The van der Waals surface area contributed by atoms with Gasteiger partial charge in [0, 0.05) is 12.1 Å². The van der Waals surface area contributed by atoms with E-state index < -0.39 is 10.0 Å². The highest BCUT2D eigenvalue weighted by atomic mass is 32.2. The third-order valence-corrected chi connectivity index (χ3v) is 5.69. The molecule has 0 spiro atoms. The molecule has 0 saturated heterocycles. The van der Waals surface area contributed by atoms with Crippen LogP contribution in [0.5, 0.6) is 0 Å². The minimum Gasteiger partial charge on any atom is -0.361 e. The summed E-state index contributed by atoms with van der Waals surface area (Å²) in [6.07, 6.45) is 3.70. The van der Waals surface area contributed by atoms with Crippen LogP contribution in [0.3, 0.4) is 0 Å². The molecule has 0 radical (unpaired) electrons. The Labute approximate surface area is 130 Å². The molecular weight excluding hydrogens is 300 g/mol. The normalized spacial score (nSPS) is 14.3. The van der Waals surface area contributed by atoms with Crippen molar-refractivity contribution in [3.05, 3.63) is 46.3 Å². The summed E-state index contributed by atoms with van der Waals surface area (Å²) in [5.74, 6) is 0.745. The van der Waals surface area contributed by atoms with Crippen LogP contribution in [0.4, 0.5) is 0 Å². The molecule has 22 heavy (non-hydrogen) atoms. The number of sulfonamides is 1. The van der Waals surface area contributed by atoms with Crippen LogP contribution >= 0.6 is 0 Å². The molecule has 118 valence electrons. The molecule has 0 saturated carbocycles. The molecule has 5 nitrogen and oxygen atoms in total. The second kappa shape index (κ2) is 5.85. The summed E-state index contributed by atoms with van der Waals surface area (Å²) in [5, 5.41) is 3.88. The fourth-order valence-corrected chi connectivity index (χ4v) is 4.05. The Hall–Kier alpha value is -1.66. The van der Waals surface area contributed by atoms with Gasteiger partial charge in [0.2, 0.25) is 10.0 Å². The highest BCUT2D eigenvalue weighted by molar-refractivity contribution is 7.89. The highest BCUT2D eigenvalue weighted by Gasteiger charge is 2.18. The molecule has 1 aliphatic carbocycles. The number of aryl methyl sites for hydroxylation is 4. The molecule has 0 atom stereocenters. The van der Waals surface area contributed by atoms with E-state index in [0.29, 0.717) is 17.9 Å². The van der Waals surface area contributed by atoms with Crippen molar-refractivity contribution in [3.8, 4) is 0 Å². The molecule has 1 aromatic carbocycles. The summed E-state index contributed by atoms with van der Waals surface area (Å²) < 4.78 is 32.5. The van der Waals surface area contributed by atoms with Crippen molar-refractivity contribution in [1.29, 1.82) is 0 Å². The van der Waals surface area contributed by atoms with E-state index in [-0.39, 0.29) is 0 Å². The van der Waals surface area contributed by atoms with E-state index in [4.69, 9.17) is 4.52 Å². The van der Waals surface area contributed by atoms with E-state index in [1.165, 1.54) is 5.56 Å². The van der Waals surface area contributed by atoms with Crippen molar-refractivity contribution >= 4 is 10.0 Å². The topological polar surface area (TPSA) is 72.2 Å². The van der Waals surface area contributed by atoms with Crippen LogP contribution in [0.15, 0.2) is 27.6 Å². The number of aromatic nitrogens is 1. The van der Waals surface area contributed by atoms with Gasteiger partial charge >= 0.3 is 0 Å². The van der Waals surface area contributed by atoms with Gasteiger partial charge in [-0.05, 0) is 62.8 Å². The van der Waals surface area contributed by atoms with Crippen LogP contribution in [0.1, 0.15) is 34.6 Å². The SMILES string of the molecule is Cc1noc(C)c1CCNS(=O)(=O)c1ccc2c(c1)CCC2. The number of nitrogens with zero attached hydrogens (tertiary/aromatic N) is 1. The van der Waals surface area contributed by atoms with Gasteiger partial charge in [-0.3, -0.25) is 0 Å². The molecule has 0 fully saturated rings. The van der Waals surface area contributed by atoms with Crippen LogP contribution in [0, 0.1) is 13.8 Å². The zero-order valence-electron chi connectivity index (χ0n) is 12.8. The van der Waals surface area contributed by atoms with Gasteiger partial charge in [0.15, 0.2) is 0 Å². The maximum atomic E-state index is 12.4. The van der Waals surface area contributed by atoms with Crippen LogP contribution < -0.4 is 4.72 Å². The van der Waals surface area contributed by atoms with Crippen LogP contribution in [0.25, 0.3) is 0 Å². The highest BCUT2D eigenvalue weighted by Crippen LogP contribution is 2.24. The van der Waals surface area contributed by atoms with Gasteiger partial charge in [0.05, 0.1) is 10.6 Å². The fraction of sp³-hybridized carbons (Fsp3) is 0.438. The summed E-state index contributed by atoms with van der Waals surface area (Å²) >= 11 is 0.